The number of fused-ring (bicyclic) bond motifs is 1. The smallest absolute Gasteiger partial charge is 0.296 e. The summed E-state index contributed by atoms with van der Waals surface area (Å²) in [5, 5.41) is 3.37. The lowest BCUT2D eigenvalue weighted by Crippen LogP contribution is -2.22. The first-order valence-corrected chi connectivity index (χ1v) is 7.40. The standard InChI is InChI=1S/C16H11IN2O2/c17-10-5-7-11(8-6-10)19-16(21)15(20)13-9-18-14-4-2-1-3-12(13)14/h1-9,18H,(H,19,21). The van der Waals surface area contributed by atoms with Gasteiger partial charge in [0.05, 0.1) is 5.56 Å². The Kier molecular flexibility index (Phi) is 3.74. The topological polar surface area (TPSA) is 62.0 Å². The number of Topliss-reactive ketones (excluding diaryl/α,β-unsaturated/α-hetero) is 1. The van der Waals surface area contributed by atoms with Crippen molar-refractivity contribution in [2.45, 2.75) is 0 Å². The van der Waals surface area contributed by atoms with Crippen molar-refractivity contribution in [1.82, 2.24) is 4.98 Å². The van der Waals surface area contributed by atoms with E-state index in [1.807, 2.05) is 36.4 Å². The van der Waals surface area contributed by atoms with Crippen LogP contribution in [0.5, 0.6) is 0 Å². The van der Waals surface area contributed by atoms with E-state index in [4.69, 9.17) is 0 Å². The molecule has 0 aliphatic rings. The minimum absolute atomic E-state index is 0.383. The normalized spacial score (nSPS) is 10.5. The summed E-state index contributed by atoms with van der Waals surface area (Å²) < 4.78 is 1.06. The SMILES string of the molecule is O=C(Nc1ccc(I)cc1)C(=O)c1c[nH]c2ccccc12. The van der Waals surface area contributed by atoms with Crippen LogP contribution in [0.1, 0.15) is 10.4 Å². The Bertz CT molecular complexity index is 822. The fourth-order valence-corrected chi connectivity index (χ4v) is 2.46. The molecule has 1 heterocycles. The summed E-state index contributed by atoms with van der Waals surface area (Å²) in [4.78, 5) is 27.3. The Hall–Kier alpha value is -2.15. The van der Waals surface area contributed by atoms with E-state index in [-0.39, 0.29) is 0 Å². The van der Waals surface area contributed by atoms with Gasteiger partial charge in [0.1, 0.15) is 0 Å². The second-order valence-corrected chi connectivity index (χ2v) is 5.78. The van der Waals surface area contributed by atoms with E-state index in [0.717, 1.165) is 14.5 Å². The molecule has 3 rings (SSSR count). The van der Waals surface area contributed by atoms with E-state index in [2.05, 4.69) is 32.9 Å². The predicted molar refractivity (Wildman–Crippen MR) is 90.4 cm³/mol. The van der Waals surface area contributed by atoms with E-state index in [1.165, 1.54) is 0 Å². The maximum absolute atomic E-state index is 12.3. The molecule has 104 valence electrons. The summed E-state index contributed by atoms with van der Waals surface area (Å²) in [5.41, 5.74) is 1.82. The van der Waals surface area contributed by atoms with Gasteiger partial charge in [0.25, 0.3) is 11.7 Å². The highest BCUT2D eigenvalue weighted by molar-refractivity contribution is 14.1. The summed E-state index contributed by atoms with van der Waals surface area (Å²) in [6, 6.07) is 14.7. The van der Waals surface area contributed by atoms with Gasteiger partial charge in [0, 0.05) is 26.4 Å². The molecule has 5 heteroatoms. The zero-order valence-electron chi connectivity index (χ0n) is 10.9. The molecular formula is C16H11IN2O2. The molecular weight excluding hydrogens is 379 g/mol. The summed E-state index contributed by atoms with van der Waals surface area (Å²) in [7, 11) is 0. The maximum atomic E-state index is 12.3. The molecule has 0 spiro atoms. The molecule has 0 saturated heterocycles. The molecule has 0 fully saturated rings. The first-order valence-electron chi connectivity index (χ1n) is 6.32. The van der Waals surface area contributed by atoms with E-state index >= 15 is 0 Å². The molecule has 2 aromatic carbocycles. The fraction of sp³-hybridized carbons (Fsp3) is 0. The molecule has 0 saturated carbocycles. The number of H-pyrrole nitrogens is 1. The number of hydrogen-bond donors (Lipinski definition) is 2. The Balaban J connectivity index is 1.84. The zero-order valence-corrected chi connectivity index (χ0v) is 13.0. The van der Waals surface area contributed by atoms with Crippen molar-refractivity contribution in [2.24, 2.45) is 0 Å². The highest BCUT2D eigenvalue weighted by Crippen LogP contribution is 2.19. The minimum atomic E-state index is -0.638. The van der Waals surface area contributed by atoms with Gasteiger partial charge < -0.3 is 10.3 Å². The van der Waals surface area contributed by atoms with Crippen LogP contribution in [0.2, 0.25) is 0 Å². The number of carbonyl (C=O) groups excluding carboxylic acids is 2. The number of hydrogen-bond acceptors (Lipinski definition) is 2. The molecule has 2 N–H and O–H groups in total. The number of ketones is 1. The first-order chi connectivity index (χ1) is 10.1. The number of anilines is 1. The van der Waals surface area contributed by atoms with Crippen LogP contribution in [-0.4, -0.2) is 16.7 Å². The van der Waals surface area contributed by atoms with Crippen LogP contribution in [0.4, 0.5) is 5.69 Å². The van der Waals surface area contributed by atoms with Crippen LogP contribution in [0.25, 0.3) is 10.9 Å². The maximum Gasteiger partial charge on any atom is 0.296 e. The monoisotopic (exact) mass is 390 g/mol. The number of benzene rings is 2. The lowest BCUT2D eigenvalue weighted by Gasteiger charge is -2.04. The van der Waals surface area contributed by atoms with Gasteiger partial charge in [-0.1, -0.05) is 18.2 Å². The summed E-state index contributed by atoms with van der Waals surface area (Å²) in [6.07, 6.45) is 1.57. The van der Waals surface area contributed by atoms with Crippen molar-refractivity contribution in [1.29, 1.82) is 0 Å². The molecule has 0 aliphatic carbocycles. The second kappa shape index (κ2) is 5.69. The number of aromatic amines is 1. The third-order valence-electron chi connectivity index (χ3n) is 3.14. The number of halogens is 1. The van der Waals surface area contributed by atoms with Gasteiger partial charge in [-0.15, -0.1) is 0 Å². The highest BCUT2D eigenvalue weighted by Gasteiger charge is 2.19. The molecule has 21 heavy (non-hydrogen) atoms. The fourth-order valence-electron chi connectivity index (χ4n) is 2.10. The van der Waals surface area contributed by atoms with Crippen LogP contribution >= 0.6 is 22.6 Å². The van der Waals surface area contributed by atoms with Crippen LogP contribution < -0.4 is 5.32 Å². The van der Waals surface area contributed by atoms with Crippen molar-refractivity contribution in [3.8, 4) is 0 Å². The Morgan fingerprint density at radius 1 is 1.00 bits per heavy atom. The third kappa shape index (κ3) is 2.82. The summed E-state index contributed by atoms with van der Waals surface area (Å²) in [6.45, 7) is 0. The van der Waals surface area contributed by atoms with Crippen molar-refractivity contribution in [2.75, 3.05) is 5.32 Å². The van der Waals surface area contributed by atoms with Crippen molar-refractivity contribution in [3.63, 3.8) is 0 Å². The molecule has 0 atom stereocenters. The lowest BCUT2D eigenvalue weighted by molar-refractivity contribution is -0.112. The summed E-state index contributed by atoms with van der Waals surface area (Å²) >= 11 is 2.18. The van der Waals surface area contributed by atoms with Gasteiger partial charge in [-0.2, -0.15) is 0 Å². The molecule has 0 bridgehead atoms. The zero-order chi connectivity index (χ0) is 14.8. The lowest BCUT2D eigenvalue weighted by atomic mass is 10.1. The molecule has 3 aromatic rings. The van der Waals surface area contributed by atoms with Crippen LogP contribution in [0.3, 0.4) is 0 Å². The number of para-hydroxylation sites is 1. The van der Waals surface area contributed by atoms with Crippen molar-refractivity contribution >= 4 is 50.9 Å². The minimum Gasteiger partial charge on any atom is -0.360 e. The molecule has 0 aliphatic heterocycles. The van der Waals surface area contributed by atoms with Gasteiger partial charge >= 0.3 is 0 Å². The quantitative estimate of drug-likeness (QED) is 0.408. The Morgan fingerprint density at radius 2 is 1.71 bits per heavy atom. The molecule has 1 aromatic heterocycles. The van der Waals surface area contributed by atoms with Crippen molar-refractivity contribution in [3.05, 3.63) is 63.9 Å². The molecule has 1 amide bonds. The highest BCUT2D eigenvalue weighted by atomic mass is 127. The largest absolute Gasteiger partial charge is 0.360 e. The number of aromatic nitrogens is 1. The van der Waals surface area contributed by atoms with Gasteiger partial charge in [-0.3, -0.25) is 9.59 Å². The van der Waals surface area contributed by atoms with E-state index in [1.54, 1.807) is 18.3 Å². The van der Waals surface area contributed by atoms with Crippen LogP contribution in [0, 0.1) is 3.57 Å². The van der Waals surface area contributed by atoms with E-state index in [9.17, 15) is 9.59 Å². The summed E-state index contributed by atoms with van der Waals surface area (Å²) in [5.74, 6) is -1.19. The van der Waals surface area contributed by atoms with Gasteiger partial charge in [-0.05, 0) is 52.9 Å². The van der Waals surface area contributed by atoms with Crippen molar-refractivity contribution < 1.29 is 9.59 Å². The number of rotatable bonds is 3. The third-order valence-corrected chi connectivity index (χ3v) is 3.86. The average Bonchev–Trinajstić information content (AvgIpc) is 2.92. The number of nitrogens with one attached hydrogen (secondary N) is 2. The molecule has 4 nitrogen and oxygen atoms in total. The van der Waals surface area contributed by atoms with Gasteiger partial charge in [0.2, 0.25) is 0 Å². The predicted octanol–water partition coefficient (Wildman–Crippen LogP) is 3.59. The number of carbonyl (C=O) groups is 2. The number of amides is 1. The Labute approximate surface area is 134 Å². The first kappa shape index (κ1) is 13.8. The van der Waals surface area contributed by atoms with Gasteiger partial charge in [-0.25, -0.2) is 0 Å². The van der Waals surface area contributed by atoms with E-state index in [0.29, 0.717) is 11.3 Å². The van der Waals surface area contributed by atoms with Crippen LogP contribution in [-0.2, 0) is 4.79 Å². The van der Waals surface area contributed by atoms with Crippen LogP contribution in [0.15, 0.2) is 54.7 Å². The van der Waals surface area contributed by atoms with Gasteiger partial charge in [0.15, 0.2) is 0 Å². The average molecular weight is 390 g/mol. The Morgan fingerprint density at radius 3 is 2.48 bits per heavy atom. The molecule has 0 unspecified atom stereocenters. The van der Waals surface area contributed by atoms with E-state index < -0.39 is 11.7 Å². The molecule has 0 radical (unpaired) electrons. The second-order valence-electron chi connectivity index (χ2n) is 4.54.